The molecule has 3 heterocycles. The number of piperidine rings is 1. The van der Waals surface area contributed by atoms with Crippen LogP contribution in [0.1, 0.15) is 49.9 Å². The van der Waals surface area contributed by atoms with Crippen LogP contribution < -0.4 is 0 Å². The lowest BCUT2D eigenvalue weighted by Crippen LogP contribution is -2.54. The molecule has 6 nitrogen and oxygen atoms in total. The fourth-order valence-corrected chi connectivity index (χ4v) is 5.18. The van der Waals surface area contributed by atoms with Gasteiger partial charge >= 0.3 is 0 Å². The molecule has 0 spiro atoms. The molecule has 3 rings (SSSR count). The van der Waals surface area contributed by atoms with E-state index in [4.69, 9.17) is 9.17 Å². The zero-order valence-electron chi connectivity index (χ0n) is 17.9. The fraction of sp³-hybridized carbons (Fsp3) is 0.591. The largest absolute Gasteiger partial charge is 0.372 e. The second kappa shape index (κ2) is 9.41. The molecule has 0 saturated carbocycles. The van der Waals surface area contributed by atoms with Gasteiger partial charge in [-0.2, -0.15) is 8.42 Å². The maximum Gasteiger partial charge on any atom is 0.264 e. The maximum absolute atomic E-state index is 11.3. The van der Waals surface area contributed by atoms with E-state index < -0.39 is 10.1 Å². The van der Waals surface area contributed by atoms with Gasteiger partial charge in [0.25, 0.3) is 10.1 Å². The third kappa shape index (κ3) is 5.47. The summed E-state index contributed by atoms with van der Waals surface area (Å²) < 4.78 is 27.7. The molecule has 0 aliphatic carbocycles. The van der Waals surface area contributed by atoms with E-state index in [9.17, 15) is 8.42 Å². The van der Waals surface area contributed by atoms with Crippen LogP contribution in [-0.4, -0.2) is 61.7 Å². The van der Waals surface area contributed by atoms with Crippen molar-refractivity contribution in [2.45, 2.75) is 57.7 Å². The summed E-state index contributed by atoms with van der Waals surface area (Å²) in [5.74, 6) is 0. The lowest BCUT2D eigenvalue weighted by Gasteiger charge is -2.48. The Kier molecular flexibility index (Phi) is 7.14. The van der Waals surface area contributed by atoms with Crippen LogP contribution in [0.4, 0.5) is 0 Å². The first-order valence-electron chi connectivity index (χ1n) is 10.4. The molecule has 0 radical (unpaired) electrons. The van der Waals surface area contributed by atoms with E-state index in [1.165, 1.54) is 11.1 Å². The summed E-state index contributed by atoms with van der Waals surface area (Å²) >= 11 is 0. The van der Waals surface area contributed by atoms with Gasteiger partial charge < -0.3 is 4.90 Å². The number of nitrogens with zero attached hydrogens (tertiary/aromatic N) is 3. The molecule has 2 aliphatic heterocycles. The number of allylic oxidation sites excluding steroid dienone is 2. The predicted molar refractivity (Wildman–Crippen MR) is 116 cm³/mol. The first-order chi connectivity index (χ1) is 13.8. The standard InChI is InChI=1S/C22H33N3O3S/c1-17-9-6-13-23-21(17)19-11-5-12-20(22-18(2)10-7-14-24(22)3)25(19)15-8-16-28-29(4,26)27/h6-7,9-10,13-14,19-20,22H,5,8,11-12,15-16H2,1-4H3/t19-,20+,22?/m0/s1. The van der Waals surface area contributed by atoms with Gasteiger partial charge in [-0.15, -0.1) is 0 Å². The maximum atomic E-state index is 11.3. The van der Waals surface area contributed by atoms with Crippen molar-refractivity contribution >= 4 is 10.1 Å². The van der Waals surface area contributed by atoms with Crippen LogP contribution in [0.15, 0.2) is 42.3 Å². The topological polar surface area (TPSA) is 62.7 Å². The molecule has 2 aliphatic rings. The quantitative estimate of drug-likeness (QED) is 0.498. The molecule has 0 aromatic carbocycles. The van der Waals surface area contributed by atoms with Crippen LogP contribution in [0.3, 0.4) is 0 Å². The molecule has 160 valence electrons. The minimum absolute atomic E-state index is 0.213. The van der Waals surface area contributed by atoms with Crippen molar-refractivity contribution in [2.24, 2.45) is 0 Å². The number of likely N-dealkylation sites (N-methyl/N-ethyl adjacent to an activating group) is 1. The second-order valence-corrected chi connectivity index (χ2v) is 9.84. The summed E-state index contributed by atoms with van der Waals surface area (Å²) in [7, 11) is -1.27. The highest BCUT2D eigenvalue weighted by Crippen LogP contribution is 2.38. The van der Waals surface area contributed by atoms with E-state index in [1.807, 2.05) is 12.3 Å². The molecule has 0 amide bonds. The highest BCUT2D eigenvalue weighted by atomic mass is 32.2. The molecular weight excluding hydrogens is 386 g/mol. The summed E-state index contributed by atoms with van der Waals surface area (Å²) in [6, 6.07) is 5.00. The number of hydrogen-bond acceptors (Lipinski definition) is 6. The summed E-state index contributed by atoms with van der Waals surface area (Å²) in [5.41, 5.74) is 3.70. The molecule has 29 heavy (non-hydrogen) atoms. The molecular formula is C22H33N3O3S. The molecule has 1 saturated heterocycles. The van der Waals surface area contributed by atoms with Crippen LogP contribution in [0, 0.1) is 6.92 Å². The van der Waals surface area contributed by atoms with E-state index >= 15 is 0 Å². The highest BCUT2D eigenvalue weighted by Gasteiger charge is 2.39. The molecule has 1 aromatic heterocycles. The Bertz CT molecular complexity index is 866. The van der Waals surface area contributed by atoms with Crippen LogP contribution >= 0.6 is 0 Å². The fourth-order valence-electron chi connectivity index (χ4n) is 4.76. The van der Waals surface area contributed by atoms with E-state index in [1.54, 1.807) is 0 Å². The third-order valence-corrected chi connectivity index (χ3v) is 6.57. The third-order valence-electron chi connectivity index (χ3n) is 5.98. The van der Waals surface area contributed by atoms with Crippen LogP contribution in [-0.2, 0) is 14.3 Å². The minimum Gasteiger partial charge on any atom is -0.372 e. The molecule has 1 unspecified atom stereocenters. The number of aryl methyl sites for hydroxylation is 1. The van der Waals surface area contributed by atoms with Crippen LogP contribution in [0.2, 0.25) is 0 Å². The highest BCUT2D eigenvalue weighted by molar-refractivity contribution is 7.85. The van der Waals surface area contributed by atoms with Crippen molar-refractivity contribution in [3.05, 3.63) is 53.5 Å². The normalized spacial score (nSPS) is 25.9. The Balaban J connectivity index is 1.86. The Morgan fingerprint density at radius 1 is 1.28 bits per heavy atom. The Hall–Kier alpha value is -1.70. The number of hydrogen-bond donors (Lipinski definition) is 0. The smallest absolute Gasteiger partial charge is 0.264 e. The summed E-state index contributed by atoms with van der Waals surface area (Å²) in [5, 5.41) is 0. The Morgan fingerprint density at radius 2 is 2.07 bits per heavy atom. The van der Waals surface area contributed by atoms with Crippen molar-refractivity contribution in [3.8, 4) is 0 Å². The number of aromatic nitrogens is 1. The van der Waals surface area contributed by atoms with Crippen molar-refractivity contribution in [1.82, 2.24) is 14.8 Å². The predicted octanol–water partition coefficient (Wildman–Crippen LogP) is 3.43. The van der Waals surface area contributed by atoms with E-state index in [0.29, 0.717) is 18.5 Å². The number of pyridine rings is 1. The summed E-state index contributed by atoms with van der Waals surface area (Å²) in [6.45, 7) is 5.32. The summed E-state index contributed by atoms with van der Waals surface area (Å²) in [4.78, 5) is 9.57. The van der Waals surface area contributed by atoms with Gasteiger partial charge in [0.1, 0.15) is 0 Å². The number of likely N-dealkylation sites (tertiary alicyclic amines) is 1. The van der Waals surface area contributed by atoms with Gasteiger partial charge in [0.2, 0.25) is 0 Å². The van der Waals surface area contributed by atoms with Crippen molar-refractivity contribution in [2.75, 3.05) is 26.5 Å². The molecule has 0 bridgehead atoms. The average Bonchev–Trinajstić information content (AvgIpc) is 2.65. The Labute approximate surface area is 175 Å². The first kappa shape index (κ1) is 22.0. The molecule has 0 N–H and O–H groups in total. The van der Waals surface area contributed by atoms with Crippen LogP contribution in [0.5, 0.6) is 0 Å². The van der Waals surface area contributed by atoms with Crippen molar-refractivity contribution < 1.29 is 12.6 Å². The van der Waals surface area contributed by atoms with E-state index in [-0.39, 0.29) is 12.6 Å². The first-order valence-corrected chi connectivity index (χ1v) is 12.2. The number of rotatable bonds is 7. The van der Waals surface area contributed by atoms with Gasteiger partial charge in [0.15, 0.2) is 0 Å². The van der Waals surface area contributed by atoms with Crippen molar-refractivity contribution in [3.63, 3.8) is 0 Å². The van der Waals surface area contributed by atoms with E-state index in [0.717, 1.165) is 37.8 Å². The van der Waals surface area contributed by atoms with Gasteiger partial charge in [-0.3, -0.25) is 14.1 Å². The van der Waals surface area contributed by atoms with Gasteiger partial charge in [-0.1, -0.05) is 12.1 Å². The summed E-state index contributed by atoms with van der Waals surface area (Å²) in [6.07, 6.45) is 13.4. The SMILES string of the molecule is CC1=CC=CN(C)C1[C@H]1CCC[C@@H](c2ncccc2C)N1CCCOS(C)(=O)=O. The molecule has 1 aromatic rings. The van der Waals surface area contributed by atoms with E-state index in [2.05, 4.69) is 55.1 Å². The lowest BCUT2D eigenvalue weighted by molar-refractivity contribution is 0.0392. The monoisotopic (exact) mass is 419 g/mol. The average molecular weight is 420 g/mol. The zero-order chi connectivity index (χ0) is 21.0. The molecule has 3 atom stereocenters. The molecule has 7 heteroatoms. The van der Waals surface area contributed by atoms with Gasteiger partial charge in [-0.05, 0) is 69.0 Å². The van der Waals surface area contributed by atoms with Crippen molar-refractivity contribution in [1.29, 1.82) is 0 Å². The van der Waals surface area contributed by atoms with Gasteiger partial charge in [0.05, 0.1) is 30.6 Å². The van der Waals surface area contributed by atoms with Crippen LogP contribution in [0.25, 0.3) is 0 Å². The lowest BCUT2D eigenvalue weighted by atomic mass is 9.84. The zero-order valence-corrected chi connectivity index (χ0v) is 18.7. The van der Waals surface area contributed by atoms with Gasteiger partial charge in [0, 0.05) is 25.8 Å². The molecule has 1 fully saturated rings. The second-order valence-electron chi connectivity index (χ2n) is 8.20. The van der Waals surface area contributed by atoms with Gasteiger partial charge in [-0.25, -0.2) is 0 Å². The minimum atomic E-state index is -3.41. The Morgan fingerprint density at radius 3 is 2.76 bits per heavy atom.